The average molecular weight is 265 g/mol. The first kappa shape index (κ1) is 15.5. The summed E-state index contributed by atoms with van der Waals surface area (Å²) < 4.78 is 35.8. The van der Waals surface area contributed by atoms with Crippen molar-refractivity contribution in [3.63, 3.8) is 0 Å². The summed E-state index contributed by atoms with van der Waals surface area (Å²) in [5, 5.41) is 3.29. The molecule has 5 heteroatoms. The van der Waals surface area contributed by atoms with E-state index in [0.29, 0.717) is 12.3 Å². The highest BCUT2D eigenvalue weighted by Crippen LogP contribution is 2.25. The molecule has 18 heavy (non-hydrogen) atoms. The first-order valence-corrected chi connectivity index (χ1v) is 6.67. The van der Waals surface area contributed by atoms with Crippen molar-refractivity contribution in [3.05, 3.63) is 0 Å². The van der Waals surface area contributed by atoms with Gasteiger partial charge < -0.3 is 5.32 Å². The highest BCUT2D eigenvalue weighted by Gasteiger charge is 2.27. The molecule has 0 radical (unpaired) electrons. The van der Waals surface area contributed by atoms with Gasteiger partial charge >= 0.3 is 6.18 Å². The monoisotopic (exact) mass is 265 g/mol. The SMILES string of the molecule is CC(CC(=O)CCCC(F)(F)F)C1CCCNC1. The van der Waals surface area contributed by atoms with Crippen LogP contribution in [-0.2, 0) is 4.79 Å². The fourth-order valence-corrected chi connectivity index (χ4v) is 2.48. The Hall–Kier alpha value is -0.580. The molecule has 1 aliphatic rings. The number of nitrogens with one attached hydrogen (secondary N) is 1. The summed E-state index contributed by atoms with van der Waals surface area (Å²) in [4.78, 5) is 11.6. The topological polar surface area (TPSA) is 29.1 Å². The van der Waals surface area contributed by atoms with Crippen molar-refractivity contribution in [2.75, 3.05) is 13.1 Å². The molecule has 0 aromatic carbocycles. The van der Waals surface area contributed by atoms with E-state index in [-0.39, 0.29) is 24.5 Å². The van der Waals surface area contributed by atoms with Crippen LogP contribution in [0.1, 0.15) is 45.4 Å². The fraction of sp³-hybridized carbons (Fsp3) is 0.923. The molecule has 0 aromatic heterocycles. The standard InChI is InChI=1S/C13H22F3NO/c1-10(11-4-3-7-17-9-11)8-12(18)5-2-6-13(14,15)16/h10-11,17H,2-9H2,1H3. The molecule has 2 atom stereocenters. The molecule has 0 amide bonds. The lowest BCUT2D eigenvalue weighted by molar-refractivity contribution is -0.137. The van der Waals surface area contributed by atoms with Crippen molar-refractivity contribution in [1.82, 2.24) is 5.32 Å². The van der Waals surface area contributed by atoms with E-state index < -0.39 is 12.6 Å². The lowest BCUT2D eigenvalue weighted by Gasteiger charge is -2.28. The van der Waals surface area contributed by atoms with Crippen LogP contribution in [-0.4, -0.2) is 25.0 Å². The zero-order valence-corrected chi connectivity index (χ0v) is 10.9. The van der Waals surface area contributed by atoms with Crippen LogP contribution in [0.25, 0.3) is 0 Å². The van der Waals surface area contributed by atoms with Gasteiger partial charge in [0.05, 0.1) is 0 Å². The lowest BCUT2D eigenvalue weighted by atomic mass is 9.84. The summed E-state index contributed by atoms with van der Waals surface area (Å²) in [5.41, 5.74) is 0. The summed E-state index contributed by atoms with van der Waals surface area (Å²) >= 11 is 0. The molecular weight excluding hydrogens is 243 g/mol. The van der Waals surface area contributed by atoms with E-state index in [1.807, 2.05) is 6.92 Å². The minimum absolute atomic E-state index is 0.0303. The molecule has 0 saturated carbocycles. The van der Waals surface area contributed by atoms with E-state index in [9.17, 15) is 18.0 Å². The summed E-state index contributed by atoms with van der Waals surface area (Å²) in [6.07, 6.45) is -2.34. The zero-order valence-electron chi connectivity index (χ0n) is 10.9. The number of hydrogen-bond donors (Lipinski definition) is 1. The molecule has 106 valence electrons. The molecule has 2 unspecified atom stereocenters. The largest absolute Gasteiger partial charge is 0.389 e. The van der Waals surface area contributed by atoms with Crippen LogP contribution in [0.15, 0.2) is 0 Å². The highest BCUT2D eigenvalue weighted by atomic mass is 19.4. The van der Waals surface area contributed by atoms with Crippen molar-refractivity contribution in [2.45, 2.75) is 51.6 Å². The van der Waals surface area contributed by atoms with E-state index in [0.717, 1.165) is 25.9 Å². The second kappa shape index (κ2) is 7.12. The summed E-state index contributed by atoms with van der Waals surface area (Å²) in [7, 11) is 0. The van der Waals surface area contributed by atoms with Gasteiger partial charge in [-0.1, -0.05) is 6.92 Å². The number of ketones is 1. The highest BCUT2D eigenvalue weighted by molar-refractivity contribution is 5.78. The van der Waals surface area contributed by atoms with Gasteiger partial charge in [0.15, 0.2) is 0 Å². The maximum absolute atomic E-state index is 11.9. The molecule has 1 N–H and O–H groups in total. The lowest BCUT2D eigenvalue weighted by Crippen LogP contribution is -2.34. The fourth-order valence-electron chi connectivity index (χ4n) is 2.48. The number of carbonyl (C=O) groups is 1. The number of Topliss-reactive ketones (excluding diaryl/α,β-unsaturated/α-hetero) is 1. The summed E-state index contributed by atoms with van der Waals surface area (Å²) in [5.74, 6) is 0.735. The number of piperidine rings is 1. The van der Waals surface area contributed by atoms with Gasteiger partial charge in [0.2, 0.25) is 0 Å². The van der Waals surface area contributed by atoms with Gasteiger partial charge in [-0.2, -0.15) is 13.2 Å². The number of rotatable bonds is 6. The quantitative estimate of drug-likeness (QED) is 0.798. The molecule has 2 nitrogen and oxygen atoms in total. The average Bonchev–Trinajstić information content (AvgIpc) is 2.28. The number of halogens is 3. The van der Waals surface area contributed by atoms with Crippen molar-refractivity contribution in [1.29, 1.82) is 0 Å². The van der Waals surface area contributed by atoms with Crippen LogP contribution < -0.4 is 5.32 Å². The van der Waals surface area contributed by atoms with Gasteiger partial charge in [-0.15, -0.1) is 0 Å². The molecule has 1 heterocycles. The summed E-state index contributed by atoms with van der Waals surface area (Å²) in [6, 6.07) is 0. The van der Waals surface area contributed by atoms with Crippen molar-refractivity contribution in [2.24, 2.45) is 11.8 Å². The van der Waals surface area contributed by atoms with Crippen LogP contribution in [0.2, 0.25) is 0 Å². The van der Waals surface area contributed by atoms with E-state index in [1.165, 1.54) is 0 Å². The van der Waals surface area contributed by atoms with E-state index in [4.69, 9.17) is 0 Å². The second-order valence-electron chi connectivity index (χ2n) is 5.30. The van der Waals surface area contributed by atoms with Crippen molar-refractivity contribution < 1.29 is 18.0 Å². The maximum atomic E-state index is 11.9. The molecule has 1 aliphatic heterocycles. The van der Waals surface area contributed by atoms with Crippen molar-refractivity contribution in [3.8, 4) is 0 Å². The molecular formula is C13H22F3NO. The van der Waals surface area contributed by atoms with Gasteiger partial charge in [-0.05, 0) is 44.2 Å². The Morgan fingerprint density at radius 2 is 2.17 bits per heavy atom. The third kappa shape index (κ3) is 6.38. The zero-order chi connectivity index (χ0) is 13.6. The number of carbonyl (C=O) groups excluding carboxylic acids is 1. The van der Waals surface area contributed by atoms with E-state index in [1.54, 1.807) is 0 Å². The molecule has 0 aromatic rings. The maximum Gasteiger partial charge on any atom is 0.389 e. The minimum Gasteiger partial charge on any atom is -0.316 e. The predicted molar refractivity (Wildman–Crippen MR) is 64.3 cm³/mol. The predicted octanol–water partition coefficient (Wildman–Crippen LogP) is 3.31. The molecule has 0 aliphatic carbocycles. The Labute approximate surface area is 106 Å². The van der Waals surface area contributed by atoms with E-state index >= 15 is 0 Å². The van der Waals surface area contributed by atoms with Crippen LogP contribution in [0.5, 0.6) is 0 Å². The number of alkyl halides is 3. The second-order valence-corrected chi connectivity index (χ2v) is 5.30. The van der Waals surface area contributed by atoms with Crippen LogP contribution in [0.3, 0.4) is 0 Å². The smallest absolute Gasteiger partial charge is 0.316 e. The van der Waals surface area contributed by atoms with E-state index in [2.05, 4.69) is 5.32 Å². The summed E-state index contributed by atoms with van der Waals surface area (Å²) in [6.45, 7) is 3.99. The molecule has 1 rings (SSSR count). The first-order valence-electron chi connectivity index (χ1n) is 6.67. The molecule has 0 bridgehead atoms. The van der Waals surface area contributed by atoms with Crippen LogP contribution in [0.4, 0.5) is 13.2 Å². The van der Waals surface area contributed by atoms with Crippen LogP contribution >= 0.6 is 0 Å². The molecule has 1 fully saturated rings. The normalized spacial score (nSPS) is 22.8. The Bertz CT molecular complexity index is 259. The Kier molecular flexibility index (Phi) is 6.12. The Balaban J connectivity index is 2.18. The first-order chi connectivity index (χ1) is 8.38. The van der Waals surface area contributed by atoms with Gasteiger partial charge in [-0.25, -0.2) is 0 Å². The van der Waals surface area contributed by atoms with Gasteiger partial charge in [-0.3, -0.25) is 4.79 Å². The van der Waals surface area contributed by atoms with Gasteiger partial charge in [0, 0.05) is 19.3 Å². The number of hydrogen-bond acceptors (Lipinski definition) is 2. The van der Waals surface area contributed by atoms with Gasteiger partial charge in [0.25, 0.3) is 0 Å². The van der Waals surface area contributed by atoms with Crippen LogP contribution in [0, 0.1) is 11.8 Å². The van der Waals surface area contributed by atoms with Gasteiger partial charge in [0.1, 0.15) is 5.78 Å². The Morgan fingerprint density at radius 3 is 2.72 bits per heavy atom. The third-order valence-corrected chi connectivity index (χ3v) is 3.61. The molecule has 1 saturated heterocycles. The molecule has 0 spiro atoms. The third-order valence-electron chi connectivity index (χ3n) is 3.61. The minimum atomic E-state index is -4.14. The Morgan fingerprint density at radius 1 is 1.44 bits per heavy atom. The van der Waals surface area contributed by atoms with Crippen molar-refractivity contribution >= 4 is 5.78 Å².